The van der Waals surface area contributed by atoms with Gasteiger partial charge in [0.15, 0.2) is 5.69 Å². The van der Waals surface area contributed by atoms with Gasteiger partial charge in [-0.1, -0.05) is 25.3 Å². The summed E-state index contributed by atoms with van der Waals surface area (Å²) in [6, 6.07) is 0. The molecule has 0 atom stereocenters. The Kier molecular flexibility index (Phi) is 7.26. The zero-order valence-corrected chi connectivity index (χ0v) is 15.3. The molecule has 140 valence electrons. The lowest BCUT2D eigenvalue weighted by atomic mass is 10.0. The van der Waals surface area contributed by atoms with E-state index in [1.807, 2.05) is 0 Å². The number of amides is 1. The summed E-state index contributed by atoms with van der Waals surface area (Å²) in [7, 11) is 0. The molecule has 1 aromatic rings. The summed E-state index contributed by atoms with van der Waals surface area (Å²) in [5.74, 6) is -1.38. The lowest BCUT2D eigenvalue weighted by molar-refractivity contribution is -0.141. The quantitative estimate of drug-likeness (QED) is 0.507. The number of alkyl halides is 3. The summed E-state index contributed by atoms with van der Waals surface area (Å²) in [6.07, 6.45) is 0.661. The molecule has 1 heterocycles. The van der Waals surface area contributed by atoms with Crippen molar-refractivity contribution in [2.45, 2.75) is 26.9 Å². The average molecular weight is 386 g/mol. The van der Waals surface area contributed by atoms with Crippen LogP contribution in [0.25, 0.3) is 0 Å². The molecule has 0 unspecified atom stereocenters. The molecule has 0 bridgehead atoms. The summed E-state index contributed by atoms with van der Waals surface area (Å²) in [5, 5.41) is 2.52. The molecule has 0 fully saturated rings. The van der Waals surface area contributed by atoms with Crippen LogP contribution in [-0.4, -0.2) is 10.9 Å². The lowest BCUT2D eigenvalue weighted by Gasteiger charge is -2.13. The van der Waals surface area contributed by atoms with Gasteiger partial charge in [-0.3, -0.25) is 4.79 Å². The number of hydrogen-bond acceptors (Lipinski definition) is 3. The lowest BCUT2D eigenvalue weighted by Crippen LogP contribution is -2.25. The second kappa shape index (κ2) is 8.75. The minimum absolute atomic E-state index is 0.121. The van der Waals surface area contributed by atoms with Gasteiger partial charge < -0.3 is 5.32 Å². The fraction of sp³-hybridized carbons (Fsp3) is 0.222. The maximum atomic E-state index is 13.0. The molecule has 0 spiro atoms. The molecule has 1 rings (SSSR count). The number of thiazole rings is 1. The van der Waals surface area contributed by atoms with Crippen LogP contribution in [0.5, 0.6) is 0 Å². The Labute approximate surface area is 153 Å². The Hall–Kier alpha value is -2.48. The van der Waals surface area contributed by atoms with Gasteiger partial charge in [-0.2, -0.15) is 13.2 Å². The molecule has 0 aliphatic carbocycles. The van der Waals surface area contributed by atoms with Gasteiger partial charge in [-0.05, 0) is 44.1 Å². The molecule has 0 aromatic carbocycles. The molecule has 1 aromatic heterocycles. The first-order valence-electron chi connectivity index (χ1n) is 7.36. The van der Waals surface area contributed by atoms with Crippen LogP contribution >= 0.6 is 11.3 Å². The molecule has 3 nitrogen and oxygen atoms in total. The monoisotopic (exact) mass is 386 g/mol. The van der Waals surface area contributed by atoms with Crippen LogP contribution in [-0.2, 0) is 6.18 Å². The normalized spacial score (nSPS) is 13.6. The van der Waals surface area contributed by atoms with Gasteiger partial charge in [0.25, 0.3) is 5.91 Å². The molecule has 0 saturated carbocycles. The summed E-state index contributed by atoms with van der Waals surface area (Å²) in [4.78, 5) is 15.2. The van der Waals surface area contributed by atoms with Crippen LogP contribution in [0.4, 0.5) is 17.6 Å². The van der Waals surface area contributed by atoms with E-state index < -0.39 is 28.5 Å². The Bertz CT molecular complexity index is 810. The second-order valence-corrected chi connectivity index (χ2v) is 6.46. The topological polar surface area (TPSA) is 42.0 Å². The Morgan fingerprint density at radius 1 is 1.23 bits per heavy atom. The Morgan fingerprint density at radius 2 is 1.85 bits per heavy atom. The van der Waals surface area contributed by atoms with Crippen LogP contribution < -0.4 is 5.32 Å². The predicted molar refractivity (Wildman–Crippen MR) is 95.4 cm³/mol. The first-order chi connectivity index (χ1) is 12.0. The fourth-order valence-corrected chi connectivity index (χ4v) is 2.67. The Balaban J connectivity index is 3.17. The van der Waals surface area contributed by atoms with Crippen LogP contribution in [0.2, 0.25) is 0 Å². The molecule has 0 saturated heterocycles. The van der Waals surface area contributed by atoms with Crippen LogP contribution in [0.15, 0.2) is 60.1 Å². The van der Waals surface area contributed by atoms with Crippen molar-refractivity contribution in [3.63, 3.8) is 0 Å². The zero-order valence-electron chi connectivity index (χ0n) is 14.5. The van der Waals surface area contributed by atoms with Crippen molar-refractivity contribution in [3.8, 4) is 0 Å². The van der Waals surface area contributed by atoms with Gasteiger partial charge in [0.05, 0.1) is 10.8 Å². The molecule has 26 heavy (non-hydrogen) atoms. The maximum Gasteiger partial charge on any atom is 0.435 e. The van der Waals surface area contributed by atoms with E-state index in [2.05, 4.69) is 23.5 Å². The van der Waals surface area contributed by atoms with E-state index in [0.717, 1.165) is 0 Å². The number of hydrogen-bond donors (Lipinski definition) is 1. The number of rotatable bonds is 6. The number of allylic oxidation sites excluding steroid dienone is 6. The van der Waals surface area contributed by atoms with Gasteiger partial charge in [0.2, 0.25) is 0 Å². The van der Waals surface area contributed by atoms with Crippen LogP contribution in [0.3, 0.4) is 0 Å². The van der Waals surface area contributed by atoms with Crippen molar-refractivity contribution in [3.05, 3.63) is 75.7 Å². The highest BCUT2D eigenvalue weighted by molar-refractivity contribution is 7.13. The van der Waals surface area contributed by atoms with Crippen molar-refractivity contribution >= 4 is 17.2 Å². The molecule has 1 amide bonds. The van der Waals surface area contributed by atoms with E-state index in [9.17, 15) is 22.4 Å². The highest BCUT2D eigenvalue weighted by Crippen LogP contribution is 2.34. The number of carbonyl (C=O) groups excluding carboxylic acids is 1. The molecule has 0 aliphatic heterocycles. The standard InChI is InChI=1S/C18H18F4N2OS/c1-6-7-14(12(4)10(2)8-9-11(3)19)24-17(25)15-16(18(20,21)22)23-13(5)26-15/h6-9H,1,4H2,2-3,5H3,(H,24,25)/b10-8+,11-9+,14-7+. The van der Waals surface area contributed by atoms with E-state index in [-0.39, 0.29) is 10.7 Å². The largest absolute Gasteiger partial charge is 0.435 e. The van der Waals surface area contributed by atoms with Crippen molar-refractivity contribution in [2.75, 3.05) is 0 Å². The number of aromatic nitrogens is 1. The minimum Gasteiger partial charge on any atom is -0.321 e. The number of carbonyl (C=O) groups is 1. The van der Waals surface area contributed by atoms with E-state index >= 15 is 0 Å². The van der Waals surface area contributed by atoms with Gasteiger partial charge in [0.1, 0.15) is 4.88 Å². The Morgan fingerprint density at radius 3 is 2.35 bits per heavy atom. The molecule has 8 heteroatoms. The summed E-state index contributed by atoms with van der Waals surface area (Å²) >= 11 is 0.644. The van der Waals surface area contributed by atoms with E-state index in [4.69, 9.17) is 0 Å². The zero-order chi connectivity index (χ0) is 20.1. The van der Waals surface area contributed by atoms with E-state index in [1.54, 1.807) is 6.92 Å². The third-order valence-corrected chi connectivity index (χ3v) is 4.08. The SMILES string of the molecule is C=C/C=C(/NC(=O)c1sc(C)nc1C(F)(F)F)C(=C)/C(C)=C/C=C(\C)F. The minimum atomic E-state index is -4.74. The molecule has 1 N–H and O–H groups in total. The van der Waals surface area contributed by atoms with Crippen LogP contribution in [0, 0.1) is 6.92 Å². The highest BCUT2D eigenvalue weighted by Gasteiger charge is 2.39. The number of halogens is 4. The van der Waals surface area contributed by atoms with Crippen molar-refractivity contribution < 1.29 is 22.4 Å². The number of nitrogens with zero attached hydrogens (tertiary/aromatic N) is 1. The summed E-state index contributed by atoms with van der Waals surface area (Å²) < 4.78 is 51.9. The first-order valence-corrected chi connectivity index (χ1v) is 8.18. The van der Waals surface area contributed by atoms with Crippen molar-refractivity contribution in [2.24, 2.45) is 0 Å². The van der Waals surface area contributed by atoms with Crippen molar-refractivity contribution in [1.82, 2.24) is 10.3 Å². The van der Waals surface area contributed by atoms with Crippen LogP contribution in [0.1, 0.15) is 34.2 Å². The fourth-order valence-electron chi connectivity index (χ4n) is 1.84. The maximum absolute atomic E-state index is 13.0. The third kappa shape index (κ3) is 5.80. The second-order valence-electron chi connectivity index (χ2n) is 5.26. The van der Waals surface area contributed by atoms with Gasteiger partial charge in [0, 0.05) is 5.70 Å². The van der Waals surface area contributed by atoms with Crippen molar-refractivity contribution in [1.29, 1.82) is 0 Å². The number of aryl methyl sites for hydroxylation is 1. The summed E-state index contributed by atoms with van der Waals surface area (Å²) in [6.45, 7) is 11.6. The smallest absolute Gasteiger partial charge is 0.321 e. The van der Waals surface area contributed by atoms with E-state index in [1.165, 1.54) is 38.2 Å². The highest BCUT2D eigenvalue weighted by atomic mass is 32.1. The molecular formula is C18H18F4N2OS. The molecule has 0 aliphatic rings. The van der Waals surface area contributed by atoms with Gasteiger partial charge in [-0.25, -0.2) is 9.37 Å². The number of nitrogens with one attached hydrogen (secondary N) is 1. The van der Waals surface area contributed by atoms with Gasteiger partial charge in [-0.15, -0.1) is 11.3 Å². The van der Waals surface area contributed by atoms with E-state index in [0.29, 0.717) is 22.5 Å². The molecule has 0 radical (unpaired) electrons. The molecular weight excluding hydrogens is 368 g/mol. The van der Waals surface area contributed by atoms with Gasteiger partial charge >= 0.3 is 6.18 Å². The predicted octanol–water partition coefficient (Wildman–Crippen LogP) is 5.65. The average Bonchev–Trinajstić information content (AvgIpc) is 2.93. The first kappa shape index (κ1) is 21.6. The third-order valence-electron chi connectivity index (χ3n) is 3.11. The summed E-state index contributed by atoms with van der Waals surface area (Å²) in [5.41, 5.74) is -0.246.